The number of hydrogen-bond donors (Lipinski definition) is 3. The van der Waals surface area contributed by atoms with Gasteiger partial charge in [0.1, 0.15) is 16.7 Å². The van der Waals surface area contributed by atoms with E-state index in [2.05, 4.69) is 19.7 Å². The molecule has 14 aliphatic rings. The van der Waals surface area contributed by atoms with Gasteiger partial charge in [0, 0.05) is 104 Å². The Labute approximate surface area is 837 Å². The van der Waals surface area contributed by atoms with E-state index >= 15 is 0 Å². The van der Waals surface area contributed by atoms with Gasteiger partial charge in [-0.2, -0.15) is 0 Å². The van der Waals surface area contributed by atoms with Gasteiger partial charge in [0.25, 0.3) is 87.9 Å². The molecular weight excluding hydrogens is 1880 g/mol. The minimum Gasteiger partial charge on any atom is -0.399 e. The smallest absolute Gasteiger partial charge is 0.282 e. The number of benzene rings is 7. The zero-order valence-electron chi connectivity index (χ0n) is 80.3. The summed E-state index contributed by atoms with van der Waals surface area (Å²) >= 11 is 0. The fourth-order valence-corrected chi connectivity index (χ4v) is 21.6. The van der Waals surface area contributed by atoms with Crippen molar-refractivity contribution >= 4 is 145 Å². The topological polar surface area (TPSA) is 554 Å². The lowest BCUT2D eigenvalue weighted by molar-refractivity contribution is -0.385. The monoisotopic (exact) mass is 1990 g/mol. The molecule has 38 heteroatoms. The zero-order valence-corrected chi connectivity index (χ0v) is 80.3. The Morgan fingerprint density at radius 2 is 0.507 bits per heavy atom. The van der Waals surface area contributed by atoms with Crippen LogP contribution in [-0.2, 0) is 46.7 Å². The number of imide groups is 5. The lowest BCUT2D eigenvalue weighted by Gasteiger charge is -2.25. The lowest BCUT2D eigenvalue weighted by Crippen LogP contribution is -2.44. The van der Waals surface area contributed by atoms with Crippen molar-refractivity contribution in [2.24, 2.45) is 0 Å². The van der Waals surface area contributed by atoms with Crippen LogP contribution in [0.2, 0.25) is 0 Å². The molecule has 7 saturated carbocycles. The number of hydrogen-bond acceptors (Lipinski definition) is 28. The van der Waals surface area contributed by atoms with Crippen molar-refractivity contribution in [3.63, 3.8) is 0 Å². The van der Waals surface area contributed by atoms with Gasteiger partial charge < -0.3 is 27.0 Å². The molecule has 38 nitrogen and oxygen atoms in total. The molecule has 12 amide bonds. The Hall–Kier alpha value is -16.3. The fraction of sp³-hybridized carbons (Fsp3) is 0.380. The normalized spacial score (nSPS) is 22.4. The average Bonchev–Trinajstić information content (AvgIpc) is 1.60. The molecule has 21 rings (SSSR count). The van der Waals surface area contributed by atoms with Gasteiger partial charge in [-0.1, -0.05) is 136 Å². The van der Waals surface area contributed by atoms with Crippen molar-refractivity contribution in [2.45, 2.75) is 261 Å². The van der Waals surface area contributed by atoms with E-state index in [0.717, 1.165) is 161 Å². The highest BCUT2D eigenvalue weighted by molar-refractivity contribution is 6.29. The molecule has 0 saturated heterocycles. The summed E-state index contributed by atoms with van der Waals surface area (Å²) in [6.45, 7) is 12.6. The minimum atomic E-state index is -0.874. The van der Waals surface area contributed by atoms with Crippen LogP contribution in [0.5, 0.6) is 0 Å². The van der Waals surface area contributed by atoms with Crippen LogP contribution >= 0.6 is 0 Å². The van der Waals surface area contributed by atoms with E-state index in [0.29, 0.717) is 119 Å². The molecule has 0 unspecified atom stereocenters. The Balaban J connectivity index is 0.000000128. The largest absolute Gasteiger partial charge is 0.399 e. The highest BCUT2D eigenvalue weighted by atomic mass is 16.6. The van der Waals surface area contributed by atoms with Crippen LogP contribution in [0, 0.1) is 30.3 Å². The number of nitrogens with two attached hydrogens (primary N) is 3. The summed E-state index contributed by atoms with van der Waals surface area (Å²) in [6.07, 6.45) is 21.7. The number of nitro groups is 3. The standard InChI is InChI=1S/2C16H14N2O5.C16H16N2O3.C15H14N2O5.C15H16N2O3.C15H18N2O2.C15H17NO2/c2*1-9-4-2-6-11(13(19)8-9)17-15(20)10-5-3-7-12(18(22)23)14(10)16(17)21;1-9-4-2-7-12(13(19)8-9)18-15(20)10-5-3-6-11(17)14(10)16(18)21;18-12-8-3-1-2-6-10(12)16-14(19)9-5-4-7-11(17(21)22)13(9)15(16)20;16-10-6-4-5-9-13(10)15(20)17(14(9)19)11-7-2-1-3-8-12(11)18;16-11-6-7-12-10(8-11)9-17(15(12)19)13-4-2-1-3-5-14(13)18;17-14-9-3-1-2-8-13(14)16-10-11-6-4-5-7-12(11)15(16)18/h2*3,5,7,11H,1-2,4,6,8H2;3,5-6,12H,1-2,4,7-8,17H2;4-5,7,10H,1-3,6,8H2;4-6,11H,1-3,7-8,16H2;6-8,13H,1-5,9,16H2;4-7,13H,1-3,8-10H2/t2*11-;12-;10-;11-;2*13-/m1001000/s1. The number of carbonyl (C=O) groups is 19. The van der Waals surface area contributed by atoms with Gasteiger partial charge in [0.05, 0.1) is 96.0 Å². The van der Waals surface area contributed by atoms with Gasteiger partial charge >= 0.3 is 0 Å². The first-order valence-corrected chi connectivity index (χ1v) is 49.2. The number of nitro benzene ring substituents is 3. The van der Waals surface area contributed by atoms with Crippen LogP contribution in [-0.4, -0.2) is 203 Å². The summed E-state index contributed by atoms with van der Waals surface area (Å²) in [4.78, 5) is 275. The second-order valence-electron chi connectivity index (χ2n) is 38.5. The third kappa shape index (κ3) is 21.1. The van der Waals surface area contributed by atoms with E-state index in [9.17, 15) is 121 Å². The number of anilines is 3. The first-order valence-electron chi connectivity index (χ1n) is 49.2. The van der Waals surface area contributed by atoms with E-state index in [1.54, 1.807) is 58.3 Å². The molecule has 7 fully saturated rings. The van der Waals surface area contributed by atoms with E-state index in [1.807, 2.05) is 30.3 Å². The Kier molecular flexibility index (Phi) is 31.8. The lowest BCUT2D eigenvalue weighted by atomic mass is 10.1. The van der Waals surface area contributed by atoms with E-state index < -0.39 is 115 Å². The van der Waals surface area contributed by atoms with Crippen molar-refractivity contribution < 1.29 is 106 Å². The van der Waals surface area contributed by atoms with Crippen LogP contribution in [0.1, 0.15) is 341 Å². The molecule has 0 radical (unpaired) electrons. The second-order valence-corrected chi connectivity index (χ2v) is 38.5. The number of rotatable bonds is 10. The predicted molar refractivity (Wildman–Crippen MR) is 527 cm³/mol. The SMILES string of the molecule is C=C1CCC[C@@H](N2C(=O)c3cccc([N+](=O)[O-])c3C2=O)C(=O)C1.C=C1CCC[C@H](N2C(=O)c3cccc(N)c3C2=O)C(=O)C1.C=C1CCC[C@H](N2C(=O)c3cccc([N+](=O)[O-])c3C2=O)C(=O)C1.Nc1ccc2c(c1)CN([C@H]1CCCCCC1=O)C2=O.Nc1cccc2c1C(=O)N([C@H]1CCCCCC1=O)C2=O.O=C1CCCCC[C@@H]1N1Cc2ccccc2C1=O.O=C1CCCCC[C@H]1N1C(=O)c2cccc([N+](=O)[O-])c2C1=O. The molecule has 7 atom stereocenters. The third-order valence-electron chi connectivity index (χ3n) is 28.9. The zero-order chi connectivity index (χ0) is 105. The molecule has 7 aliphatic heterocycles. The second kappa shape index (κ2) is 44.7. The molecule has 756 valence electrons. The summed E-state index contributed by atoms with van der Waals surface area (Å²) < 4.78 is 0. The molecule has 0 bridgehead atoms. The summed E-state index contributed by atoms with van der Waals surface area (Å²) in [5.41, 5.74) is 23.7. The van der Waals surface area contributed by atoms with Crippen molar-refractivity contribution in [2.75, 3.05) is 17.2 Å². The number of ketones is 7. The minimum absolute atomic E-state index is 0.0104. The number of amides is 12. The molecular formula is C108H109N13O25. The Morgan fingerprint density at radius 3 is 0.822 bits per heavy atom. The summed E-state index contributed by atoms with van der Waals surface area (Å²) in [5.74, 6) is -6.14. The van der Waals surface area contributed by atoms with Gasteiger partial charge in [-0.25, -0.2) is 0 Å². The van der Waals surface area contributed by atoms with Crippen molar-refractivity contribution in [3.8, 4) is 0 Å². The maximum Gasteiger partial charge on any atom is 0.282 e. The van der Waals surface area contributed by atoms with Gasteiger partial charge in [-0.05, 0) is 187 Å². The van der Waals surface area contributed by atoms with Crippen molar-refractivity contribution in [1.82, 2.24) is 34.3 Å². The number of carbonyl (C=O) groups excluding carboxylic acids is 19. The van der Waals surface area contributed by atoms with Crippen LogP contribution in [0.4, 0.5) is 34.1 Å². The summed E-state index contributed by atoms with van der Waals surface area (Å²) in [5, 5.41) is 33.3. The first-order chi connectivity index (χ1) is 69.9. The van der Waals surface area contributed by atoms with Crippen LogP contribution in [0.3, 0.4) is 0 Å². The van der Waals surface area contributed by atoms with E-state index in [-0.39, 0.29) is 145 Å². The molecule has 7 aromatic rings. The third-order valence-corrected chi connectivity index (χ3v) is 28.9. The molecule has 0 spiro atoms. The van der Waals surface area contributed by atoms with Gasteiger partial charge in [-0.3, -0.25) is 146 Å². The molecule has 7 aromatic carbocycles. The molecule has 7 aliphatic carbocycles. The maximum absolute atomic E-state index is 12.6. The number of Topliss-reactive ketones (excluding diaryl/α,β-unsaturated/α-hetero) is 7. The average molecular weight is 1990 g/mol. The van der Waals surface area contributed by atoms with Crippen LogP contribution in [0.25, 0.3) is 0 Å². The van der Waals surface area contributed by atoms with Crippen molar-refractivity contribution in [1.29, 1.82) is 0 Å². The van der Waals surface area contributed by atoms with Crippen molar-refractivity contribution in [3.05, 3.63) is 278 Å². The first kappa shape index (κ1) is 104. The highest BCUT2D eigenvalue weighted by Gasteiger charge is 2.53. The Bertz CT molecular complexity index is 6640. The van der Waals surface area contributed by atoms with E-state index in [1.165, 1.54) is 54.6 Å². The van der Waals surface area contributed by atoms with Gasteiger partial charge in [-0.15, -0.1) is 0 Å². The van der Waals surface area contributed by atoms with Crippen LogP contribution in [0.15, 0.2) is 170 Å². The van der Waals surface area contributed by atoms with Gasteiger partial charge in [0.15, 0.2) is 40.5 Å². The fourth-order valence-electron chi connectivity index (χ4n) is 21.6. The number of fused-ring (bicyclic) bond motifs is 7. The van der Waals surface area contributed by atoms with Gasteiger partial charge in [0.2, 0.25) is 0 Å². The maximum atomic E-state index is 12.6. The molecule has 6 N–H and O–H groups in total. The van der Waals surface area contributed by atoms with E-state index in [4.69, 9.17) is 17.2 Å². The van der Waals surface area contributed by atoms with Crippen LogP contribution < -0.4 is 17.2 Å². The molecule has 0 aromatic heterocycles. The number of nitrogen functional groups attached to an aromatic ring is 3. The number of nitrogens with zero attached hydrogens (tertiary/aromatic N) is 10. The Morgan fingerprint density at radius 1 is 0.247 bits per heavy atom. The predicted octanol–water partition coefficient (Wildman–Crippen LogP) is 15.0. The number of allylic oxidation sites excluding steroid dienone is 3. The summed E-state index contributed by atoms with van der Waals surface area (Å²) in [7, 11) is 0. The summed E-state index contributed by atoms with van der Waals surface area (Å²) in [6, 6.07) is 30.2. The molecule has 7 heterocycles. The quantitative estimate of drug-likeness (QED) is 0.0286. The highest BCUT2D eigenvalue weighted by Crippen LogP contribution is 2.43. The molecule has 146 heavy (non-hydrogen) atoms.